The molecule has 1 N–H and O–H groups in total. The third-order valence-corrected chi connectivity index (χ3v) is 6.97. The van der Waals surface area contributed by atoms with Gasteiger partial charge in [-0.3, -0.25) is 14.2 Å². The van der Waals surface area contributed by atoms with Gasteiger partial charge in [0, 0.05) is 17.1 Å². The van der Waals surface area contributed by atoms with Crippen molar-refractivity contribution in [3.05, 3.63) is 57.7 Å². The van der Waals surface area contributed by atoms with Crippen molar-refractivity contribution in [2.75, 3.05) is 11.1 Å². The molecule has 0 radical (unpaired) electrons. The van der Waals surface area contributed by atoms with Crippen molar-refractivity contribution in [1.29, 1.82) is 0 Å². The number of carbonyl (C=O) groups is 1. The van der Waals surface area contributed by atoms with Crippen molar-refractivity contribution in [2.24, 2.45) is 0 Å². The van der Waals surface area contributed by atoms with Crippen LogP contribution in [-0.2, 0) is 24.2 Å². The average molecular weight is 482 g/mol. The lowest BCUT2D eigenvalue weighted by Gasteiger charge is -2.11. The molecule has 32 heavy (non-hydrogen) atoms. The molecule has 0 aliphatic heterocycles. The quantitative estimate of drug-likeness (QED) is 0.299. The molecular formula is C21H18F3N3O3S2. The summed E-state index contributed by atoms with van der Waals surface area (Å²) in [6, 6.07) is 4.86. The van der Waals surface area contributed by atoms with Gasteiger partial charge in [0.25, 0.3) is 5.56 Å². The van der Waals surface area contributed by atoms with E-state index in [-0.39, 0.29) is 29.5 Å². The number of anilines is 1. The third kappa shape index (κ3) is 4.83. The maximum Gasteiger partial charge on any atom is 0.573 e. The lowest BCUT2D eigenvalue weighted by molar-refractivity contribution is -0.274. The Morgan fingerprint density at radius 3 is 2.75 bits per heavy atom. The van der Waals surface area contributed by atoms with Gasteiger partial charge >= 0.3 is 6.36 Å². The predicted octanol–water partition coefficient (Wildman–Crippen LogP) is 4.76. The Morgan fingerprint density at radius 1 is 1.31 bits per heavy atom. The van der Waals surface area contributed by atoms with Crippen LogP contribution in [0.4, 0.5) is 18.9 Å². The molecule has 168 valence electrons. The minimum Gasteiger partial charge on any atom is -0.406 e. The van der Waals surface area contributed by atoms with E-state index in [1.165, 1.54) is 32.9 Å². The van der Waals surface area contributed by atoms with Crippen LogP contribution >= 0.6 is 23.1 Å². The van der Waals surface area contributed by atoms with Gasteiger partial charge in [-0.05, 0) is 49.1 Å². The minimum absolute atomic E-state index is 0.0268. The number of alkyl halides is 3. The number of halogens is 3. The van der Waals surface area contributed by atoms with Gasteiger partial charge in [0.05, 0.1) is 11.1 Å². The number of allylic oxidation sites excluding steroid dienone is 1. The van der Waals surface area contributed by atoms with Crippen LogP contribution in [0.5, 0.6) is 5.75 Å². The minimum atomic E-state index is -4.78. The number of nitrogens with zero attached hydrogens (tertiary/aromatic N) is 2. The lowest BCUT2D eigenvalue weighted by Crippen LogP contribution is -2.24. The summed E-state index contributed by atoms with van der Waals surface area (Å²) in [7, 11) is 0. The second-order valence-electron chi connectivity index (χ2n) is 7.05. The number of rotatable bonds is 7. The first-order valence-electron chi connectivity index (χ1n) is 9.69. The van der Waals surface area contributed by atoms with Crippen LogP contribution in [0.2, 0.25) is 0 Å². The zero-order valence-electron chi connectivity index (χ0n) is 16.7. The van der Waals surface area contributed by atoms with Crippen LogP contribution in [0, 0.1) is 0 Å². The molecule has 0 fully saturated rings. The summed E-state index contributed by atoms with van der Waals surface area (Å²) in [6.45, 7) is 3.98. The van der Waals surface area contributed by atoms with Gasteiger partial charge < -0.3 is 10.1 Å². The predicted molar refractivity (Wildman–Crippen MR) is 119 cm³/mol. The second-order valence-corrected chi connectivity index (χ2v) is 9.07. The van der Waals surface area contributed by atoms with Gasteiger partial charge in [-0.1, -0.05) is 17.8 Å². The van der Waals surface area contributed by atoms with Crippen molar-refractivity contribution >= 4 is 44.9 Å². The second kappa shape index (κ2) is 8.99. The summed E-state index contributed by atoms with van der Waals surface area (Å²) in [4.78, 5) is 32.0. The molecule has 1 aromatic carbocycles. The van der Waals surface area contributed by atoms with Crippen molar-refractivity contribution in [1.82, 2.24) is 9.55 Å². The molecular weight excluding hydrogens is 463 g/mol. The fourth-order valence-corrected chi connectivity index (χ4v) is 5.64. The van der Waals surface area contributed by atoms with Gasteiger partial charge in [0.1, 0.15) is 10.6 Å². The first-order valence-corrected chi connectivity index (χ1v) is 11.5. The number of hydrogen-bond donors (Lipinski definition) is 1. The first kappa shape index (κ1) is 22.4. The van der Waals surface area contributed by atoms with E-state index in [0.29, 0.717) is 21.1 Å². The molecule has 0 atom stereocenters. The highest BCUT2D eigenvalue weighted by atomic mass is 32.2. The number of thiophene rings is 1. The van der Waals surface area contributed by atoms with Crippen molar-refractivity contribution < 1.29 is 22.7 Å². The Kier molecular flexibility index (Phi) is 6.29. The van der Waals surface area contributed by atoms with Gasteiger partial charge in [-0.15, -0.1) is 31.1 Å². The fraction of sp³-hybridized carbons (Fsp3) is 0.286. The maximum absolute atomic E-state index is 13.1. The average Bonchev–Trinajstić information content (AvgIpc) is 3.30. The highest BCUT2D eigenvalue weighted by molar-refractivity contribution is 7.99. The lowest BCUT2D eigenvalue weighted by atomic mass is 10.2. The normalized spacial score (nSPS) is 13.2. The molecule has 1 aliphatic carbocycles. The van der Waals surface area contributed by atoms with E-state index >= 15 is 0 Å². The van der Waals surface area contributed by atoms with E-state index < -0.39 is 6.36 Å². The zero-order chi connectivity index (χ0) is 22.9. The topological polar surface area (TPSA) is 73.2 Å². The number of nitrogens with one attached hydrogen (secondary N) is 1. The van der Waals surface area contributed by atoms with Gasteiger partial charge in [0.2, 0.25) is 5.91 Å². The summed E-state index contributed by atoms with van der Waals surface area (Å²) in [6.07, 6.45) is -0.301. The summed E-state index contributed by atoms with van der Waals surface area (Å²) < 4.78 is 42.1. The SMILES string of the molecule is C=CCn1c(SCC(=O)Nc2ccc(OC(F)(F)F)cc2)nc2sc3c(c2c1=O)CCC3. The van der Waals surface area contributed by atoms with E-state index in [9.17, 15) is 22.8 Å². The highest BCUT2D eigenvalue weighted by Gasteiger charge is 2.31. The monoisotopic (exact) mass is 481 g/mol. The van der Waals surface area contributed by atoms with Crippen LogP contribution in [0.15, 0.2) is 46.9 Å². The van der Waals surface area contributed by atoms with Gasteiger partial charge in [0.15, 0.2) is 5.16 Å². The molecule has 0 saturated carbocycles. The molecule has 1 aliphatic rings. The van der Waals surface area contributed by atoms with Gasteiger partial charge in [-0.25, -0.2) is 4.98 Å². The molecule has 2 aromatic heterocycles. The van der Waals surface area contributed by atoms with Gasteiger partial charge in [-0.2, -0.15) is 0 Å². The Hall–Kier alpha value is -2.79. The number of thioether (sulfide) groups is 1. The molecule has 4 rings (SSSR count). The van der Waals surface area contributed by atoms with E-state index in [1.807, 2.05) is 0 Å². The Balaban J connectivity index is 1.48. The molecule has 3 aromatic rings. The zero-order valence-corrected chi connectivity index (χ0v) is 18.3. The highest BCUT2D eigenvalue weighted by Crippen LogP contribution is 2.35. The smallest absolute Gasteiger partial charge is 0.406 e. The van der Waals surface area contributed by atoms with Crippen LogP contribution in [0.1, 0.15) is 16.9 Å². The summed E-state index contributed by atoms with van der Waals surface area (Å²) >= 11 is 2.65. The molecule has 1 amide bonds. The van der Waals surface area contributed by atoms with Crippen molar-refractivity contribution in [3.63, 3.8) is 0 Å². The Morgan fingerprint density at radius 2 is 2.06 bits per heavy atom. The Bertz CT molecular complexity index is 1230. The van der Waals surface area contributed by atoms with Crippen LogP contribution in [-0.4, -0.2) is 27.6 Å². The fourth-order valence-electron chi connectivity index (χ4n) is 3.53. The molecule has 11 heteroatoms. The molecule has 2 heterocycles. The first-order chi connectivity index (χ1) is 15.2. The number of benzene rings is 1. The van der Waals surface area contributed by atoms with E-state index in [2.05, 4.69) is 21.6 Å². The summed E-state index contributed by atoms with van der Waals surface area (Å²) in [5.74, 6) is -0.785. The number of fused-ring (bicyclic) bond motifs is 3. The number of aryl methyl sites for hydroxylation is 2. The maximum atomic E-state index is 13.1. The summed E-state index contributed by atoms with van der Waals surface area (Å²) in [5.41, 5.74) is 1.29. The Labute approximate surface area is 189 Å². The molecule has 6 nitrogen and oxygen atoms in total. The molecule has 0 unspecified atom stereocenters. The van der Waals surface area contributed by atoms with E-state index in [4.69, 9.17) is 0 Å². The van der Waals surface area contributed by atoms with E-state index in [1.54, 1.807) is 6.08 Å². The third-order valence-electron chi connectivity index (χ3n) is 4.81. The van der Waals surface area contributed by atoms with Crippen LogP contribution in [0.3, 0.4) is 0 Å². The number of aromatic nitrogens is 2. The number of ether oxygens (including phenoxy) is 1. The number of amides is 1. The number of hydrogen-bond acceptors (Lipinski definition) is 6. The van der Waals surface area contributed by atoms with Crippen molar-refractivity contribution in [3.8, 4) is 5.75 Å². The molecule has 0 spiro atoms. The largest absolute Gasteiger partial charge is 0.573 e. The molecule has 0 saturated heterocycles. The van der Waals surface area contributed by atoms with E-state index in [0.717, 1.165) is 48.7 Å². The van der Waals surface area contributed by atoms with Crippen LogP contribution < -0.4 is 15.6 Å². The van der Waals surface area contributed by atoms with Crippen molar-refractivity contribution in [2.45, 2.75) is 37.3 Å². The standard InChI is InChI=1S/C21H18F3N3O3S2/c1-2-10-27-19(29)17-14-4-3-5-15(14)32-18(17)26-20(27)31-11-16(28)25-12-6-8-13(9-7-12)30-21(22,23)24/h2,6-9H,1,3-5,10-11H2,(H,25,28). The summed E-state index contributed by atoms with van der Waals surface area (Å²) in [5, 5.41) is 3.70. The molecule has 0 bridgehead atoms. The van der Waals surface area contributed by atoms with Crippen LogP contribution in [0.25, 0.3) is 10.2 Å². The number of carbonyl (C=O) groups excluding carboxylic acids is 1.